The van der Waals surface area contributed by atoms with Gasteiger partial charge in [0.15, 0.2) is 0 Å². The smallest absolute Gasteiger partial charge is 0.143 e. The average molecular weight is 591 g/mol. The third-order valence-corrected chi connectivity index (χ3v) is 10.6. The summed E-state index contributed by atoms with van der Waals surface area (Å²) in [7, 11) is 0. The fourth-order valence-electron chi connectivity index (χ4n) is 7.46. The molecule has 0 amide bonds. The molecule has 0 atom stereocenters. The largest absolute Gasteiger partial charge is 0.455 e. The molecule has 10 rings (SSSR count). The van der Waals surface area contributed by atoms with E-state index in [4.69, 9.17) is 4.42 Å². The summed E-state index contributed by atoms with van der Waals surface area (Å²) < 4.78 is 9.24. The zero-order chi connectivity index (χ0) is 29.6. The van der Waals surface area contributed by atoms with E-state index < -0.39 is 0 Å². The number of rotatable bonds is 2. The van der Waals surface area contributed by atoms with Gasteiger partial charge >= 0.3 is 0 Å². The van der Waals surface area contributed by atoms with E-state index in [9.17, 15) is 0 Å². The molecule has 2 aromatic heterocycles. The van der Waals surface area contributed by atoms with Crippen LogP contribution in [-0.4, -0.2) is 0 Å². The fourth-order valence-corrected chi connectivity index (χ4v) is 8.57. The fraction of sp³-hybridized carbons (Fsp3) is 0.0233. The number of thiophene rings is 1. The zero-order valence-corrected chi connectivity index (χ0v) is 25.4. The first-order valence-electron chi connectivity index (χ1n) is 15.4. The van der Waals surface area contributed by atoms with Crippen molar-refractivity contribution in [1.82, 2.24) is 0 Å². The topological polar surface area (TPSA) is 13.1 Å². The Hall–Kier alpha value is -5.44. The van der Waals surface area contributed by atoms with Crippen LogP contribution in [0.2, 0.25) is 0 Å². The van der Waals surface area contributed by atoms with Crippen molar-refractivity contribution in [3.05, 3.63) is 145 Å². The van der Waals surface area contributed by atoms with Gasteiger partial charge in [-0.05, 0) is 80.7 Å². The number of aryl methyl sites for hydroxylation is 1. The van der Waals surface area contributed by atoms with Gasteiger partial charge in [-0.3, -0.25) is 0 Å². The van der Waals surface area contributed by atoms with Crippen LogP contribution in [0.15, 0.2) is 144 Å². The molecule has 0 saturated carbocycles. The van der Waals surface area contributed by atoms with Crippen molar-refractivity contribution in [3.8, 4) is 22.3 Å². The minimum absolute atomic E-state index is 0.921. The molecular weight excluding hydrogens is 565 g/mol. The van der Waals surface area contributed by atoms with Crippen molar-refractivity contribution in [3.63, 3.8) is 0 Å². The van der Waals surface area contributed by atoms with Gasteiger partial charge in [0.1, 0.15) is 11.2 Å². The molecule has 0 aliphatic heterocycles. The highest BCUT2D eigenvalue weighted by Gasteiger charge is 2.21. The summed E-state index contributed by atoms with van der Waals surface area (Å²) in [5.74, 6) is 0. The molecule has 0 spiro atoms. The predicted octanol–water partition coefficient (Wildman–Crippen LogP) is 13.1. The van der Waals surface area contributed by atoms with Crippen molar-refractivity contribution in [2.75, 3.05) is 0 Å². The highest BCUT2D eigenvalue weighted by molar-refractivity contribution is 7.25. The second-order valence-corrected chi connectivity index (χ2v) is 13.2. The Bertz CT molecular complexity index is 2830. The van der Waals surface area contributed by atoms with Gasteiger partial charge in [-0.2, -0.15) is 0 Å². The summed E-state index contributed by atoms with van der Waals surface area (Å²) in [5.41, 5.74) is 8.00. The van der Waals surface area contributed by atoms with Crippen molar-refractivity contribution in [1.29, 1.82) is 0 Å². The van der Waals surface area contributed by atoms with Crippen molar-refractivity contribution >= 4 is 85.8 Å². The molecule has 0 bridgehead atoms. The normalized spacial score (nSPS) is 12.1. The second kappa shape index (κ2) is 9.28. The maximum absolute atomic E-state index is 6.59. The van der Waals surface area contributed by atoms with Crippen LogP contribution in [0, 0.1) is 6.92 Å². The number of fused-ring (bicyclic) bond motifs is 9. The van der Waals surface area contributed by atoms with Gasteiger partial charge in [0.25, 0.3) is 0 Å². The minimum atomic E-state index is 0.921. The molecule has 0 N–H and O–H groups in total. The van der Waals surface area contributed by atoms with Gasteiger partial charge in [0, 0.05) is 42.1 Å². The Kier molecular flexibility index (Phi) is 5.14. The maximum Gasteiger partial charge on any atom is 0.143 e. The average Bonchev–Trinajstić information content (AvgIpc) is 3.64. The van der Waals surface area contributed by atoms with Crippen LogP contribution >= 0.6 is 11.3 Å². The summed E-state index contributed by atoms with van der Waals surface area (Å²) >= 11 is 1.88. The molecule has 2 heterocycles. The molecule has 8 aromatic carbocycles. The molecule has 0 fully saturated rings. The molecule has 1 nitrogen and oxygen atoms in total. The Labute approximate surface area is 263 Å². The first-order chi connectivity index (χ1) is 22.2. The van der Waals surface area contributed by atoms with Gasteiger partial charge in [-0.15, -0.1) is 11.3 Å². The summed E-state index contributed by atoms with van der Waals surface area (Å²) in [4.78, 5) is 0. The molecule has 210 valence electrons. The van der Waals surface area contributed by atoms with E-state index in [0.29, 0.717) is 0 Å². The molecule has 0 aliphatic carbocycles. The zero-order valence-electron chi connectivity index (χ0n) is 24.6. The number of hydrogen-bond acceptors (Lipinski definition) is 2. The molecule has 0 unspecified atom stereocenters. The summed E-state index contributed by atoms with van der Waals surface area (Å²) in [5, 5.41) is 12.5. The highest BCUT2D eigenvalue weighted by atomic mass is 32.1. The van der Waals surface area contributed by atoms with Gasteiger partial charge in [0.05, 0.1) is 0 Å². The Balaban J connectivity index is 1.32. The first kappa shape index (κ1) is 24.9. The van der Waals surface area contributed by atoms with Crippen LogP contribution in [0.25, 0.3) is 96.7 Å². The van der Waals surface area contributed by atoms with E-state index in [-0.39, 0.29) is 0 Å². The van der Waals surface area contributed by atoms with Crippen LogP contribution < -0.4 is 0 Å². The Morgan fingerprint density at radius 1 is 0.444 bits per heavy atom. The van der Waals surface area contributed by atoms with Crippen LogP contribution in [0.3, 0.4) is 0 Å². The number of hydrogen-bond donors (Lipinski definition) is 0. The predicted molar refractivity (Wildman–Crippen MR) is 195 cm³/mol. The monoisotopic (exact) mass is 590 g/mol. The summed E-state index contributed by atoms with van der Waals surface area (Å²) in [6.45, 7) is 2.19. The molecule has 2 heteroatoms. The number of furan rings is 1. The molecule has 10 aromatic rings. The first-order valence-corrected chi connectivity index (χ1v) is 16.2. The lowest BCUT2D eigenvalue weighted by atomic mass is 9.85. The van der Waals surface area contributed by atoms with E-state index in [0.717, 1.165) is 27.5 Å². The van der Waals surface area contributed by atoms with Gasteiger partial charge in [0.2, 0.25) is 0 Å². The van der Waals surface area contributed by atoms with E-state index in [1.54, 1.807) is 0 Å². The highest BCUT2D eigenvalue weighted by Crippen LogP contribution is 2.48. The lowest BCUT2D eigenvalue weighted by Gasteiger charge is -2.18. The van der Waals surface area contributed by atoms with Gasteiger partial charge in [-0.1, -0.05) is 115 Å². The van der Waals surface area contributed by atoms with E-state index in [1.807, 2.05) is 17.4 Å². The number of para-hydroxylation sites is 2. The minimum Gasteiger partial charge on any atom is -0.455 e. The third kappa shape index (κ3) is 3.61. The third-order valence-electron chi connectivity index (χ3n) is 9.48. The SMILES string of the molecule is Cc1ccc2c(-c3cccc4c3oc3ccccc34)c3ccccc3c(-c3ccc4sc5cc6ccccc6cc5c4c3)c2c1. The van der Waals surface area contributed by atoms with Gasteiger partial charge in [-0.25, -0.2) is 0 Å². The lowest BCUT2D eigenvalue weighted by Crippen LogP contribution is -1.92. The standard InChI is InChI=1S/C43H26OS/c1-25-17-19-32-37(21-25)41(28-18-20-39-35(23-28)36-22-26-9-2-3-10-27(26)24-40(36)45-39)30-12-4-5-13-31(30)42(32)34-15-8-14-33-29-11-6-7-16-38(29)44-43(33)34/h2-24H,1H3. The van der Waals surface area contributed by atoms with E-state index in [2.05, 4.69) is 140 Å². The lowest BCUT2D eigenvalue weighted by molar-refractivity contribution is 0.670. The van der Waals surface area contributed by atoms with E-state index in [1.165, 1.54) is 74.7 Å². The Morgan fingerprint density at radius 2 is 1.13 bits per heavy atom. The molecule has 45 heavy (non-hydrogen) atoms. The molecular formula is C43H26OS. The molecule has 0 aliphatic rings. The molecule has 0 saturated heterocycles. The molecule has 0 radical (unpaired) electrons. The maximum atomic E-state index is 6.59. The van der Waals surface area contributed by atoms with Crippen LogP contribution in [-0.2, 0) is 0 Å². The second-order valence-electron chi connectivity index (χ2n) is 12.1. The van der Waals surface area contributed by atoms with Gasteiger partial charge < -0.3 is 4.42 Å². The number of benzene rings is 8. The van der Waals surface area contributed by atoms with Crippen molar-refractivity contribution < 1.29 is 4.42 Å². The van der Waals surface area contributed by atoms with Crippen LogP contribution in [0.4, 0.5) is 0 Å². The van der Waals surface area contributed by atoms with Crippen LogP contribution in [0.1, 0.15) is 5.56 Å². The summed E-state index contributed by atoms with van der Waals surface area (Å²) in [6, 6.07) is 51.2. The van der Waals surface area contributed by atoms with Crippen LogP contribution in [0.5, 0.6) is 0 Å². The quantitative estimate of drug-likeness (QED) is 0.183. The Morgan fingerprint density at radius 3 is 2.00 bits per heavy atom. The van der Waals surface area contributed by atoms with Crippen molar-refractivity contribution in [2.45, 2.75) is 6.92 Å². The van der Waals surface area contributed by atoms with E-state index >= 15 is 0 Å². The van der Waals surface area contributed by atoms with Crippen molar-refractivity contribution in [2.24, 2.45) is 0 Å². The summed E-state index contributed by atoms with van der Waals surface area (Å²) in [6.07, 6.45) is 0.